The number of fused-ring (bicyclic) bond motifs is 1. The minimum absolute atomic E-state index is 0.194. The summed E-state index contributed by atoms with van der Waals surface area (Å²) in [6.07, 6.45) is -0.507. The molecule has 19 heavy (non-hydrogen) atoms. The van der Waals surface area contributed by atoms with Crippen molar-refractivity contribution in [3.05, 3.63) is 23.8 Å². The fourth-order valence-corrected chi connectivity index (χ4v) is 1.97. The molecule has 102 valence electrons. The number of hydrogen-bond acceptors (Lipinski definition) is 4. The monoisotopic (exact) mass is 263 g/mol. The summed E-state index contributed by atoms with van der Waals surface area (Å²) in [6, 6.07) is 5.31. The number of hydrogen-bond donors (Lipinski definition) is 1. The molecule has 0 fully saturated rings. The number of esters is 1. The van der Waals surface area contributed by atoms with Gasteiger partial charge in [-0.2, -0.15) is 0 Å². The zero-order chi connectivity index (χ0) is 14.2. The normalized spacial score (nSPS) is 18.1. The van der Waals surface area contributed by atoms with Crippen LogP contribution in [-0.4, -0.2) is 25.1 Å². The highest BCUT2D eigenvalue weighted by Crippen LogP contribution is 2.35. The van der Waals surface area contributed by atoms with Crippen molar-refractivity contribution < 1.29 is 19.1 Å². The zero-order valence-corrected chi connectivity index (χ0v) is 11.4. The molecule has 2 rings (SSSR count). The molecule has 0 saturated heterocycles. The molecular formula is C14H17NO4. The Hall–Kier alpha value is -2.04. The van der Waals surface area contributed by atoms with Crippen molar-refractivity contribution in [2.45, 2.75) is 32.3 Å². The van der Waals surface area contributed by atoms with Gasteiger partial charge in [-0.1, -0.05) is 6.07 Å². The standard InChI is InChI=1S/C14H17NO4/c1-8-12(16)15-10-7-9(5-6-11(10)19-8)14(2,3)13(17)18-4/h5-8H,1-4H3,(H,15,16). The second-order valence-electron chi connectivity index (χ2n) is 5.08. The number of nitrogens with one attached hydrogen (secondary N) is 1. The topological polar surface area (TPSA) is 64.6 Å². The van der Waals surface area contributed by atoms with Crippen molar-refractivity contribution in [3.8, 4) is 5.75 Å². The summed E-state index contributed by atoms with van der Waals surface area (Å²) in [6.45, 7) is 5.23. The minimum Gasteiger partial charge on any atom is -0.479 e. The van der Waals surface area contributed by atoms with Crippen molar-refractivity contribution in [2.24, 2.45) is 0 Å². The first-order chi connectivity index (χ1) is 8.86. The van der Waals surface area contributed by atoms with E-state index in [0.717, 1.165) is 5.56 Å². The van der Waals surface area contributed by atoms with Crippen LogP contribution in [0.15, 0.2) is 18.2 Å². The van der Waals surface area contributed by atoms with Gasteiger partial charge in [-0.3, -0.25) is 9.59 Å². The van der Waals surface area contributed by atoms with Gasteiger partial charge < -0.3 is 14.8 Å². The van der Waals surface area contributed by atoms with Crippen LogP contribution in [0.1, 0.15) is 26.3 Å². The molecule has 0 spiro atoms. The molecule has 0 aromatic heterocycles. The Morgan fingerprint density at radius 1 is 1.42 bits per heavy atom. The summed E-state index contributed by atoms with van der Waals surface area (Å²) in [5.74, 6) is 0.0842. The van der Waals surface area contributed by atoms with E-state index in [9.17, 15) is 9.59 Å². The van der Waals surface area contributed by atoms with Gasteiger partial charge in [0, 0.05) is 0 Å². The van der Waals surface area contributed by atoms with E-state index in [1.165, 1.54) is 7.11 Å². The molecule has 1 aromatic rings. The van der Waals surface area contributed by atoms with E-state index in [0.29, 0.717) is 11.4 Å². The van der Waals surface area contributed by atoms with Gasteiger partial charge in [0.2, 0.25) is 0 Å². The number of amides is 1. The third-order valence-corrected chi connectivity index (χ3v) is 3.33. The highest BCUT2D eigenvalue weighted by Gasteiger charge is 2.33. The van der Waals surface area contributed by atoms with Gasteiger partial charge in [0.15, 0.2) is 6.10 Å². The first-order valence-corrected chi connectivity index (χ1v) is 6.06. The molecule has 1 amide bonds. The molecule has 0 saturated carbocycles. The third-order valence-electron chi connectivity index (χ3n) is 3.33. The van der Waals surface area contributed by atoms with Crippen LogP contribution in [-0.2, 0) is 19.7 Å². The van der Waals surface area contributed by atoms with Crippen LogP contribution in [0.5, 0.6) is 5.75 Å². The van der Waals surface area contributed by atoms with Gasteiger partial charge in [-0.25, -0.2) is 0 Å². The SMILES string of the molecule is COC(=O)C(C)(C)c1ccc2c(c1)NC(=O)C(C)O2. The predicted octanol–water partition coefficient (Wildman–Crippen LogP) is 1.86. The lowest BCUT2D eigenvalue weighted by atomic mass is 9.84. The van der Waals surface area contributed by atoms with Crippen LogP contribution in [0.25, 0.3) is 0 Å². The Bertz CT molecular complexity index is 536. The van der Waals surface area contributed by atoms with Crippen molar-refractivity contribution in [1.29, 1.82) is 0 Å². The Labute approximate surface area is 111 Å². The number of carbonyl (C=O) groups is 2. The highest BCUT2D eigenvalue weighted by atomic mass is 16.5. The number of carbonyl (C=O) groups excluding carboxylic acids is 2. The Morgan fingerprint density at radius 3 is 2.74 bits per heavy atom. The van der Waals surface area contributed by atoms with E-state index in [-0.39, 0.29) is 11.9 Å². The Kier molecular flexibility index (Phi) is 3.22. The van der Waals surface area contributed by atoms with Crippen molar-refractivity contribution >= 4 is 17.6 Å². The molecule has 1 unspecified atom stereocenters. The van der Waals surface area contributed by atoms with Crippen LogP contribution >= 0.6 is 0 Å². The summed E-state index contributed by atoms with van der Waals surface area (Å²) in [5, 5.41) is 2.76. The van der Waals surface area contributed by atoms with Crippen LogP contribution in [0.2, 0.25) is 0 Å². The average molecular weight is 263 g/mol. The minimum atomic E-state index is -0.780. The van der Waals surface area contributed by atoms with Crippen molar-refractivity contribution in [2.75, 3.05) is 12.4 Å². The van der Waals surface area contributed by atoms with Gasteiger partial charge in [0.25, 0.3) is 5.91 Å². The quantitative estimate of drug-likeness (QED) is 0.827. The number of anilines is 1. The maximum Gasteiger partial charge on any atom is 0.315 e. The van der Waals surface area contributed by atoms with E-state index in [1.807, 2.05) is 0 Å². The lowest BCUT2D eigenvalue weighted by molar-refractivity contribution is -0.146. The predicted molar refractivity (Wildman–Crippen MR) is 70.2 cm³/mol. The molecule has 0 bridgehead atoms. The van der Waals surface area contributed by atoms with E-state index in [2.05, 4.69) is 5.32 Å². The van der Waals surface area contributed by atoms with Crippen molar-refractivity contribution in [1.82, 2.24) is 0 Å². The number of rotatable bonds is 2. The van der Waals surface area contributed by atoms with Crippen LogP contribution < -0.4 is 10.1 Å². The second kappa shape index (κ2) is 4.57. The van der Waals surface area contributed by atoms with Crippen LogP contribution in [0, 0.1) is 0 Å². The molecule has 1 aliphatic rings. The summed E-state index contributed by atoms with van der Waals surface area (Å²) < 4.78 is 10.3. The van der Waals surface area contributed by atoms with Gasteiger partial charge in [0.05, 0.1) is 18.2 Å². The zero-order valence-electron chi connectivity index (χ0n) is 11.4. The second-order valence-corrected chi connectivity index (χ2v) is 5.08. The van der Waals surface area contributed by atoms with Gasteiger partial charge in [0.1, 0.15) is 5.75 Å². The lowest BCUT2D eigenvalue weighted by Gasteiger charge is -2.27. The molecule has 1 N–H and O–H groups in total. The Balaban J connectivity index is 2.39. The molecule has 0 radical (unpaired) electrons. The molecule has 1 aliphatic heterocycles. The molecule has 1 atom stereocenters. The summed E-state index contributed by atoms with van der Waals surface area (Å²) >= 11 is 0. The smallest absolute Gasteiger partial charge is 0.315 e. The summed E-state index contributed by atoms with van der Waals surface area (Å²) in [7, 11) is 1.36. The molecule has 0 aliphatic carbocycles. The number of ether oxygens (including phenoxy) is 2. The molecule has 1 heterocycles. The van der Waals surface area contributed by atoms with E-state index < -0.39 is 11.5 Å². The van der Waals surface area contributed by atoms with Gasteiger partial charge >= 0.3 is 5.97 Å². The molecule has 1 aromatic carbocycles. The Morgan fingerprint density at radius 2 is 2.11 bits per heavy atom. The maximum absolute atomic E-state index is 11.8. The highest BCUT2D eigenvalue weighted by molar-refractivity contribution is 5.97. The van der Waals surface area contributed by atoms with E-state index in [4.69, 9.17) is 9.47 Å². The summed E-state index contributed by atoms with van der Waals surface area (Å²) in [5.41, 5.74) is 0.562. The van der Waals surface area contributed by atoms with Crippen molar-refractivity contribution in [3.63, 3.8) is 0 Å². The van der Waals surface area contributed by atoms with E-state index in [1.54, 1.807) is 39.0 Å². The number of methoxy groups -OCH3 is 1. The fraction of sp³-hybridized carbons (Fsp3) is 0.429. The van der Waals surface area contributed by atoms with Crippen LogP contribution in [0.4, 0.5) is 5.69 Å². The summed E-state index contributed by atoms with van der Waals surface area (Å²) in [4.78, 5) is 23.4. The fourth-order valence-electron chi connectivity index (χ4n) is 1.97. The average Bonchev–Trinajstić information content (AvgIpc) is 2.38. The maximum atomic E-state index is 11.8. The van der Waals surface area contributed by atoms with Crippen LogP contribution in [0.3, 0.4) is 0 Å². The van der Waals surface area contributed by atoms with Gasteiger partial charge in [-0.05, 0) is 38.5 Å². The van der Waals surface area contributed by atoms with E-state index >= 15 is 0 Å². The lowest BCUT2D eigenvalue weighted by Crippen LogP contribution is -2.35. The first-order valence-electron chi connectivity index (χ1n) is 6.06. The third kappa shape index (κ3) is 2.28. The first kappa shape index (κ1) is 13.4. The molecule has 5 heteroatoms. The molecular weight excluding hydrogens is 246 g/mol. The number of benzene rings is 1. The molecule has 5 nitrogen and oxygen atoms in total. The van der Waals surface area contributed by atoms with Gasteiger partial charge in [-0.15, -0.1) is 0 Å². The largest absolute Gasteiger partial charge is 0.479 e.